The Morgan fingerprint density at radius 3 is 2.20 bits per heavy atom. The van der Waals surface area contributed by atoms with Gasteiger partial charge in [0.2, 0.25) is 17.6 Å². The number of H-pyrrole nitrogens is 1. The van der Waals surface area contributed by atoms with Crippen LogP contribution in [0.25, 0.3) is 22.5 Å². The summed E-state index contributed by atoms with van der Waals surface area (Å²) in [4.78, 5) is 51.0. The zero-order valence-electron chi connectivity index (χ0n) is 28.7. The van der Waals surface area contributed by atoms with Gasteiger partial charge in [0.25, 0.3) is 0 Å². The minimum absolute atomic E-state index is 0.186. The minimum Gasteiger partial charge on any atom is -0.478 e. The molecule has 0 spiro atoms. The normalized spacial score (nSPS) is 16.6. The number of hydrogen-bond donors (Lipinski definition) is 5. The number of carbonyl (C=O) groups is 4. The van der Waals surface area contributed by atoms with Crippen LogP contribution >= 0.6 is 0 Å². The molecule has 0 bridgehead atoms. The van der Waals surface area contributed by atoms with Crippen LogP contribution in [0.4, 0.5) is 10.5 Å². The molecule has 50 heavy (non-hydrogen) atoms. The number of anilines is 1. The minimum atomic E-state index is -0.985. The number of carbonyl (C=O) groups excluding carboxylic acids is 3. The van der Waals surface area contributed by atoms with Crippen LogP contribution in [0.15, 0.2) is 66.7 Å². The Labute approximate surface area is 290 Å². The van der Waals surface area contributed by atoms with Crippen LogP contribution in [0.2, 0.25) is 0 Å². The second-order valence-corrected chi connectivity index (χ2v) is 13.7. The molecule has 1 aliphatic carbocycles. The molecular weight excluding hydrogens is 638 g/mol. The number of nitrogens with one attached hydrogen (secondary N) is 4. The van der Waals surface area contributed by atoms with E-state index in [1.165, 1.54) is 0 Å². The molecule has 1 heterocycles. The number of aromatic amines is 1. The first-order valence-corrected chi connectivity index (χ1v) is 16.7. The van der Waals surface area contributed by atoms with Gasteiger partial charge in [-0.1, -0.05) is 36.4 Å². The molecule has 5 N–H and O–H groups in total. The average molecular weight is 682 g/mol. The summed E-state index contributed by atoms with van der Waals surface area (Å²) in [5.74, 6) is -1.13. The van der Waals surface area contributed by atoms with E-state index in [-0.39, 0.29) is 35.6 Å². The third-order valence-corrected chi connectivity index (χ3v) is 8.74. The highest BCUT2D eigenvalue weighted by molar-refractivity contribution is 5.98. The summed E-state index contributed by atoms with van der Waals surface area (Å²) < 4.78 is 5.33. The third-order valence-electron chi connectivity index (χ3n) is 8.74. The number of aromatic carboxylic acids is 1. The van der Waals surface area contributed by atoms with Crippen LogP contribution in [-0.4, -0.2) is 67.8 Å². The quantitative estimate of drug-likeness (QED) is 0.135. The average Bonchev–Trinajstić information content (AvgIpc) is 3.63. The van der Waals surface area contributed by atoms with E-state index >= 15 is 0 Å². The summed E-state index contributed by atoms with van der Waals surface area (Å²) in [7, 11) is 0. The SMILES string of the molecule is Cc1ccc(-c2ccc(C[C@H](NC(=O)[C@H]3CC[C@H](CNC(=O)OC(C)(C)C)CC3)C(=O)Nc3ccc(-c4nn[nH]n4)cc3)cc2)cc1C(=O)O. The molecule has 0 aliphatic heterocycles. The molecule has 0 unspecified atom stereocenters. The van der Waals surface area contributed by atoms with Gasteiger partial charge in [-0.05, 0) is 117 Å². The predicted molar refractivity (Wildman–Crippen MR) is 187 cm³/mol. The van der Waals surface area contributed by atoms with Crippen molar-refractivity contribution < 1.29 is 29.0 Å². The lowest BCUT2D eigenvalue weighted by Crippen LogP contribution is -2.48. The van der Waals surface area contributed by atoms with E-state index in [1.54, 1.807) is 43.3 Å². The number of carboxylic acids is 1. The number of aromatic nitrogens is 4. The maximum atomic E-state index is 13.7. The van der Waals surface area contributed by atoms with Crippen molar-refractivity contribution in [1.29, 1.82) is 0 Å². The van der Waals surface area contributed by atoms with Crippen LogP contribution in [0, 0.1) is 18.8 Å². The van der Waals surface area contributed by atoms with Crippen molar-refractivity contribution in [2.45, 2.75) is 71.4 Å². The predicted octanol–water partition coefficient (Wildman–Crippen LogP) is 5.54. The maximum Gasteiger partial charge on any atom is 0.407 e. The maximum absolute atomic E-state index is 13.7. The summed E-state index contributed by atoms with van der Waals surface area (Å²) in [6.45, 7) is 7.69. The molecule has 5 rings (SSSR count). The molecule has 3 aromatic carbocycles. The number of aryl methyl sites for hydroxylation is 1. The van der Waals surface area contributed by atoms with E-state index in [4.69, 9.17) is 4.74 Å². The zero-order chi connectivity index (χ0) is 35.8. The monoisotopic (exact) mass is 681 g/mol. The number of alkyl carbamates (subject to hydrolysis) is 1. The van der Waals surface area contributed by atoms with E-state index in [2.05, 4.69) is 36.6 Å². The largest absolute Gasteiger partial charge is 0.478 e. The lowest BCUT2D eigenvalue weighted by atomic mass is 9.81. The first-order valence-electron chi connectivity index (χ1n) is 16.7. The lowest BCUT2D eigenvalue weighted by molar-refractivity contribution is -0.130. The molecule has 1 saturated carbocycles. The molecule has 1 aliphatic rings. The van der Waals surface area contributed by atoms with Crippen molar-refractivity contribution in [2.75, 3.05) is 11.9 Å². The molecule has 4 aromatic rings. The number of amides is 3. The van der Waals surface area contributed by atoms with E-state index in [0.717, 1.165) is 35.1 Å². The van der Waals surface area contributed by atoms with Crippen molar-refractivity contribution in [3.8, 4) is 22.5 Å². The fourth-order valence-electron chi connectivity index (χ4n) is 5.99. The molecule has 13 nitrogen and oxygen atoms in total. The van der Waals surface area contributed by atoms with Gasteiger partial charge in [-0.3, -0.25) is 9.59 Å². The van der Waals surface area contributed by atoms with Crippen molar-refractivity contribution in [2.24, 2.45) is 11.8 Å². The topological polar surface area (TPSA) is 188 Å². The van der Waals surface area contributed by atoms with E-state index in [9.17, 15) is 24.3 Å². The highest BCUT2D eigenvalue weighted by Gasteiger charge is 2.30. The van der Waals surface area contributed by atoms with Gasteiger partial charge < -0.3 is 25.8 Å². The fraction of sp³-hybridized carbons (Fsp3) is 0.378. The number of rotatable bonds is 11. The van der Waals surface area contributed by atoms with Gasteiger partial charge in [-0.15, -0.1) is 10.2 Å². The van der Waals surface area contributed by atoms with E-state index in [1.807, 2.05) is 51.1 Å². The number of benzene rings is 3. The second kappa shape index (κ2) is 15.7. The number of tetrazole rings is 1. The van der Waals surface area contributed by atoms with E-state index in [0.29, 0.717) is 36.5 Å². The Balaban J connectivity index is 1.25. The number of nitrogens with zero attached hydrogens (tertiary/aromatic N) is 3. The molecule has 0 saturated heterocycles. The van der Waals surface area contributed by atoms with Gasteiger partial charge in [0.15, 0.2) is 0 Å². The van der Waals surface area contributed by atoms with Crippen molar-refractivity contribution in [3.63, 3.8) is 0 Å². The highest BCUT2D eigenvalue weighted by atomic mass is 16.6. The molecule has 1 atom stereocenters. The van der Waals surface area contributed by atoms with Gasteiger partial charge in [0, 0.05) is 30.1 Å². The molecule has 0 radical (unpaired) electrons. The summed E-state index contributed by atoms with van der Waals surface area (Å²) in [5.41, 5.74) is 4.04. The van der Waals surface area contributed by atoms with Crippen LogP contribution in [0.1, 0.15) is 67.9 Å². The van der Waals surface area contributed by atoms with Crippen molar-refractivity contribution in [3.05, 3.63) is 83.4 Å². The van der Waals surface area contributed by atoms with Crippen molar-refractivity contribution >= 4 is 29.6 Å². The Morgan fingerprint density at radius 1 is 0.920 bits per heavy atom. The first kappa shape index (κ1) is 35.7. The van der Waals surface area contributed by atoms with Gasteiger partial charge in [0.05, 0.1) is 5.56 Å². The van der Waals surface area contributed by atoms with Crippen LogP contribution in [0.5, 0.6) is 0 Å². The van der Waals surface area contributed by atoms with Crippen molar-refractivity contribution in [1.82, 2.24) is 31.3 Å². The second-order valence-electron chi connectivity index (χ2n) is 13.7. The summed E-state index contributed by atoms with van der Waals surface area (Å²) in [6, 6.07) is 19.0. The number of hydrogen-bond acceptors (Lipinski definition) is 8. The molecule has 13 heteroatoms. The molecule has 1 fully saturated rings. The van der Waals surface area contributed by atoms with Crippen LogP contribution in [0.3, 0.4) is 0 Å². The Bertz CT molecular complexity index is 1790. The molecular formula is C37H43N7O6. The summed E-state index contributed by atoms with van der Waals surface area (Å²) in [5, 5.41) is 32.3. The summed E-state index contributed by atoms with van der Waals surface area (Å²) >= 11 is 0. The standard InChI is InChI=1S/C37H43N7O6/c1-22-5-10-28(20-30(22)35(47)48)25-11-6-23(7-12-25)19-31(34(46)39-29-17-15-26(16-18-29)32-41-43-44-42-32)40-33(45)27-13-8-24(9-14-27)21-38-36(49)50-37(2,3)4/h5-7,10-12,15-18,20,24,27,31H,8-9,13-14,19,21H2,1-4H3,(H,38,49)(H,39,46)(H,40,45)(H,47,48)(H,41,42,43,44)/t24-,27-,31-/m0/s1. The molecule has 3 amide bonds. The number of ether oxygens (including phenoxy) is 1. The number of carboxylic acid groups (broad SMARTS) is 1. The Morgan fingerprint density at radius 2 is 1.58 bits per heavy atom. The third kappa shape index (κ3) is 9.74. The van der Waals surface area contributed by atoms with Gasteiger partial charge in [0.1, 0.15) is 11.6 Å². The van der Waals surface area contributed by atoms with Crippen LogP contribution < -0.4 is 16.0 Å². The van der Waals surface area contributed by atoms with E-state index < -0.39 is 23.7 Å². The Hall–Kier alpha value is -5.59. The zero-order valence-corrected chi connectivity index (χ0v) is 28.7. The van der Waals surface area contributed by atoms with Gasteiger partial charge >= 0.3 is 12.1 Å². The fourth-order valence-corrected chi connectivity index (χ4v) is 5.99. The lowest BCUT2D eigenvalue weighted by Gasteiger charge is -2.29. The summed E-state index contributed by atoms with van der Waals surface area (Å²) in [6.07, 6.45) is 2.60. The first-order chi connectivity index (χ1) is 23.8. The van der Waals surface area contributed by atoms with Gasteiger partial charge in [-0.2, -0.15) is 5.21 Å². The van der Waals surface area contributed by atoms with Gasteiger partial charge in [-0.25, -0.2) is 9.59 Å². The van der Waals surface area contributed by atoms with Crippen LogP contribution in [-0.2, 0) is 20.7 Å². The Kier molecular flexibility index (Phi) is 11.2. The molecule has 1 aromatic heterocycles. The molecule has 262 valence electrons. The highest BCUT2D eigenvalue weighted by Crippen LogP contribution is 2.29. The smallest absolute Gasteiger partial charge is 0.407 e.